The minimum absolute atomic E-state index is 0.441. The van der Waals surface area contributed by atoms with E-state index in [2.05, 4.69) is 69.9 Å². The Kier molecular flexibility index (Phi) is 4.15. The summed E-state index contributed by atoms with van der Waals surface area (Å²) in [4.78, 5) is 2.41. The Hall–Kier alpha value is -1.94. The van der Waals surface area contributed by atoms with Crippen molar-refractivity contribution in [2.45, 2.75) is 32.9 Å². The first kappa shape index (κ1) is 14.0. The monoisotopic (exact) mass is 282 g/mol. The normalized spacial score (nSPS) is 15.8. The Morgan fingerprint density at radius 3 is 2.71 bits per heavy atom. The lowest BCUT2D eigenvalue weighted by Crippen LogP contribution is -2.34. The van der Waals surface area contributed by atoms with E-state index < -0.39 is 0 Å². The molecule has 4 nitrogen and oxygen atoms in total. The average molecular weight is 282 g/mol. The largest absolute Gasteiger partial charge is 0.312 e. The van der Waals surface area contributed by atoms with Gasteiger partial charge >= 0.3 is 0 Å². The molecule has 0 unspecified atom stereocenters. The average Bonchev–Trinajstić information content (AvgIpc) is 2.91. The molecule has 1 aromatic carbocycles. The van der Waals surface area contributed by atoms with Gasteiger partial charge in [0.15, 0.2) is 0 Å². The number of rotatable bonds is 4. The van der Waals surface area contributed by atoms with Gasteiger partial charge in [0.05, 0.1) is 6.54 Å². The Balaban J connectivity index is 1.61. The van der Waals surface area contributed by atoms with Crippen molar-refractivity contribution in [3.63, 3.8) is 0 Å². The van der Waals surface area contributed by atoms with Gasteiger partial charge in [-0.1, -0.05) is 56.3 Å². The SMILES string of the molecule is CC(C)c1nnc2n1CCN(C/C=C/c1ccccc1)C2. The number of nitrogens with zero attached hydrogens (tertiary/aromatic N) is 4. The molecule has 3 rings (SSSR count). The van der Waals surface area contributed by atoms with Crippen LogP contribution in [-0.4, -0.2) is 32.8 Å². The van der Waals surface area contributed by atoms with E-state index in [1.807, 2.05) is 6.07 Å². The highest BCUT2D eigenvalue weighted by Crippen LogP contribution is 2.18. The van der Waals surface area contributed by atoms with Crippen LogP contribution in [0.25, 0.3) is 6.08 Å². The van der Waals surface area contributed by atoms with Gasteiger partial charge in [0, 0.05) is 25.6 Å². The second kappa shape index (κ2) is 6.22. The predicted molar refractivity (Wildman–Crippen MR) is 84.9 cm³/mol. The number of fused-ring (bicyclic) bond motifs is 1. The zero-order valence-electron chi connectivity index (χ0n) is 12.7. The standard InChI is InChI=1S/C17H22N4/c1-14(2)17-19-18-16-13-20(11-12-21(16)17)10-6-9-15-7-4-3-5-8-15/h3-9,14H,10-13H2,1-2H3/b9-6+. The van der Waals surface area contributed by atoms with Crippen molar-refractivity contribution < 1.29 is 0 Å². The predicted octanol–water partition coefficient (Wildman–Crippen LogP) is 2.93. The first-order chi connectivity index (χ1) is 10.2. The van der Waals surface area contributed by atoms with Crippen LogP contribution in [0.3, 0.4) is 0 Å². The zero-order chi connectivity index (χ0) is 14.7. The third kappa shape index (κ3) is 3.22. The van der Waals surface area contributed by atoms with Crippen molar-refractivity contribution in [1.29, 1.82) is 0 Å². The highest BCUT2D eigenvalue weighted by molar-refractivity contribution is 5.48. The van der Waals surface area contributed by atoms with E-state index in [-0.39, 0.29) is 0 Å². The van der Waals surface area contributed by atoms with Crippen LogP contribution in [0.5, 0.6) is 0 Å². The summed E-state index contributed by atoms with van der Waals surface area (Å²) in [5.41, 5.74) is 1.25. The fraction of sp³-hybridized carbons (Fsp3) is 0.412. The van der Waals surface area contributed by atoms with Gasteiger partial charge < -0.3 is 4.57 Å². The smallest absolute Gasteiger partial charge is 0.147 e. The van der Waals surface area contributed by atoms with Crippen LogP contribution in [0.2, 0.25) is 0 Å². The van der Waals surface area contributed by atoms with Crippen molar-refractivity contribution in [3.8, 4) is 0 Å². The molecule has 1 aliphatic rings. The molecule has 2 aromatic rings. The van der Waals surface area contributed by atoms with E-state index in [1.165, 1.54) is 5.56 Å². The van der Waals surface area contributed by atoms with Crippen molar-refractivity contribution in [2.24, 2.45) is 0 Å². The molecule has 2 heterocycles. The first-order valence-corrected chi connectivity index (χ1v) is 7.60. The lowest BCUT2D eigenvalue weighted by atomic mass is 10.2. The Labute approximate surface area is 126 Å². The molecule has 0 saturated heterocycles. The maximum atomic E-state index is 4.34. The van der Waals surface area contributed by atoms with Gasteiger partial charge in [-0.2, -0.15) is 0 Å². The summed E-state index contributed by atoms with van der Waals surface area (Å²) in [6.45, 7) is 8.25. The molecule has 0 atom stereocenters. The fourth-order valence-electron chi connectivity index (χ4n) is 2.72. The molecule has 0 aliphatic carbocycles. The maximum absolute atomic E-state index is 4.34. The third-order valence-electron chi connectivity index (χ3n) is 3.85. The van der Waals surface area contributed by atoms with Crippen molar-refractivity contribution in [3.05, 3.63) is 53.6 Å². The van der Waals surface area contributed by atoms with Gasteiger partial charge in [-0.3, -0.25) is 4.90 Å². The van der Waals surface area contributed by atoms with E-state index in [4.69, 9.17) is 0 Å². The maximum Gasteiger partial charge on any atom is 0.147 e. The molecule has 4 heteroatoms. The minimum atomic E-state index is 0.441. The topological polar surface area (TPSA) is 34.0 Å². The number of aromatic nitrogens is 3. The molecule has 1 aromatic heterocycles. The number of benzene rings is 1. The summed E-state index contributed by atoms with van der Waals surface area (Å²) in [6.07, 6.45) is 4.41. The van der Waals surface area contributed by atoms with Gasteiger partial charge in [-0.05, 0) is 5.56 Å². The molecule has 0 N–H and O–H groups in total. The summed E-state index contributed by atoms with van der Waals surface area (Å²) in [5, 5.41) is 8.67. The molecule has 0 fully saturated rings. The quantitative estimate of drug-likeness (QED) is 0.864. The number of hydrogen-bond donors (Lipinski definition) is 0. The molecule has 110 valence electrons. The lowest BCUT2D eigenvalue weighted by molar-refractivity contribution is 0.237. The molecule has 21 heavy (non-hydrogen) atoms. The zero-order valence-corrected chi connectivity index (χ0v) is 12.7. The lowest BCUT2D eigenvalue weighted by Gasteiger charge is -2.27. The Morgan fingerprint density at radius 1 is 1.14 bits per heavy atom. The van der Waals surface area contributed by atoms with Gasteiger partial charge in [0.2, 0.25) is 0 Å². The van der Waals surface area contributed by atoms with Crippen LogP contribution < -0.4 is 0 Å². The van der Waals surface area contributed by atoms with Crippen LogP contribution in [0, 0.1) is 0 Å². The van der Waals surface area contributed by atoms with Gasteiger partial charge in [-0.25, -0.2) is 0 Å². The molecule has 0 radical (unpaired) electrons. The van der Waals surface area contributed by atoms with E-state index in [9.17, 15) is 0 Å². The highest BCUT2D eigenvalue weighted by Gasteiger charge is 2.21. The second-order valence-corrected chi connectivity index (χ2v) is 5.83. The summed E-state index contributed by atoms with van der Waals surface area (Å²) < 4.78 is 2.28. The van der Waals surface area contributed by atoms with E-state index in [0.717, 1.165) is 37.8 Å². The molecular weight excluding hydrogens is 260 g/mol. The van der Waals surface area contributed by atoms with Crippen molar-refractivity contribution in [1.82, 2.24) is 19.7 Å². The molecule has 1 aliphatic heterocycles. The van der Waals surface area contributed by atoms with Gasteiger partial charge in [0.1, 0.15) is 11.6 Å². The van der Waals surface area contributed by atoms with Crippen LogP contribution in [-0.2, 0) is 13.1 Å². The Morgan fingerprint density at radius 2 is 1.95 bits per heavy atom. The van der Waals surface area contributed by atoms with Crippen LogP contribution >= 0.6 is 0 Å². The minimum Gasteiger partial charge on any atom is -0.312 e. The summed E-state index contributed by atoms with van der Waals surface area (Å²) in [7, 11) is 0. The Bertz CT molecular complexity index is 613. The number of hydrogen-bond acceptors (Lipinski definition) is 3. The molecular formula is C17H22N4. The first-order valence-electron chi connectivity index (χ1n) is 7.60. The molecule has 0 bridgehead atoms. The van der Waals surface area contributed by atoms with E-state index in [0.29, 0.717) is 5.92 Å². The van der Waals surface area contributed by atoms with Crippen LogP contribution in [0.1, 0.15) is 37.0 Å². The van der Waals surface area contributed by atoms with E-state index in [1.54, 1.807) is 0 Å². The van der Waals surface area contributed by atoms with E-state index >= 15 is 0 Å². The van der Waals surface area contributed by atoms with Crippen LogP contribution in [0.4, 0.5) is 0 Å². The van der Waals surface area contributed by atoms with Gasteiger partial charge in [0.25, 0.3) is 0 Å². The van der Waals surface area contributed by atoms with Crippen molar-refractivity contribution in [2.75, 3.05) is 13.1 Å². The fourth-order valence-corrected chi connectivity index (χ4v) is 2.72. The molecule has 0 saturated carbocycles. The second-order valence-electron chi connectivity index (χ2n) is 5.83. The molecule has 0 amide bonds. The summed E-state index contributed by atoms with van der Waals surface area (Å²) in [5.74, 6) is 2.65. The highest BCUT2D eigenvalue weighted by atomic mass is 15.3. The summed E-state index contributed by atoms with van der Waals surface area (Å²) >= 11 is 0. The summed E-state index contributed by atoms with van der Waals surface area (Å²) in [6, 6.07) is 10.4. The van der Waals surface area contributed by atoms with Gasteiger partial charge in [-0.15, -0.1) is 10.2 Å². The molecule has 0 spiro atoms. The van der Waals surface area contributed by atoms with Crippen LogP contribution in [0.15, 0.2) is 36.4 Å². The van der Waals surface area contributed by atoms with Crippen molar-refractivity contribution >= 4 is 6.08 Å². The third-order valence-corrected chi connectivity index (χ3v) is 3.85.